The first kappa shape index (κ1) is 20.5. The Kier molecular flexibility index (Phi) is 6.10. The van der Waals surface area contributed by atoms with Gasteiger partial charge in [0.25, 0.3) is 0 Å². The highest BCUT2D eigenvalue weighted by Gasteiger charge is 2.38. The molecule has 0 aromatic rings. The number of ether oxygens (including phenoxy) is 1. The van der Waals surface area contributed by atoms with Crippen molar-refractivity contribution >= 4 is 6.09 Å². The van der Waals surface area contributed by atoms with E-state index in [4.69, 9.17) is 4.74 Å². The predicted molar refractivity (Wildman–Crippen MR) is 103 cm³/mol. The van der Waals surface area contributed by atoms with Crippen LogP contribution in [0.4, 0.5) is 4.79 Å². The molecule has 1 aliphatic carbocycles. The maximum atomic E-state index is 12.0. The van der Waals surface area contributed by atoms with Crippen molar-refractivity contribution in [2.24, 2.45) is 0 Å². The lowest BCUT2D eigenvalue weighted by Gasteiger charge is -2.48. The van der Waals surface area contributed by atoms with Gasteiger partial charge in [0.1, 0.15) is 5.60 Å². The fourth-order valence-corrected chi connectivity index (χ4v) is 4.72. The summed E-state index contributed by atoms with van der Waals surface area (Å²) in [6.45, 7) is 14.9. The number of amides is 1. The lowest BCUT2D eigenvalue weighted by atomic mass is 9.79. The molecule has 25 heavy (non-hydrogen) atoms. The molecule has 1 heterocycles. The third-order valence-corrected chi connectivity index (χ3v) is 5.06. The van der Waals surface area contributed by atoms with Crippen molar-refractivity contribution in [3.8, 4) is 0 Å². The maximum absolute atomic E-state index is 12.0. The topological polar surface area (TPSA) is 62.4 Å². The number of hydrogen-bond donors (Lipinski definition) is 3. The molecule has 1 amide bonds. The largest absolute Gasteiger partial charge is 0.444 e. The second-order valence-corrected chi connectivity index (χ2v) is 10.4. The molecule has 2 atom stereocenters. The van der Waals surface area contributed by atoms with Crippen LogP contribution in [0.5, 0.6) is 0 Å². The van der Waals surface area contributed by atoms with Crippen LogP contribution < -0.4 is 16.0 Å². The van der Waals surface area contributed by atoms with Crippen molar-refractivity contribution in [1.29, 1.82) is 0 Å². The van der Waals surface area contributed by atoms with E-state index in [1.807, 2.05) is 20.8 Å². The highest BCUT2D eigenvalue weighted by molar-refractivity contribution is 5.68. The summed E-state index contributed by atoms with van der Waals surface area (Å²) in [4.78, 5) is 12.0. The van der Waals surface area contributed by atoms with Crippen LogP contribution in [-0.2, 0) is 4.74 Å². The third kappa shape index (κ3) is 7.14. The van der Waals surface area contributed by atoms with Gasteiger partial charge in [0.2, 0.25) is 0 Å². The second kappa shape index (κ2) is 7.43. The zero-order valence-electron chi connectivity index (χ0n) is 17.3. The van der Waals surface area contributed by atoms with Crippen molar-refractivity contribution in [3.63, 3.8) is 0 Å². The summed E-state index contributed by atoms with van der Waals surface area (Å²) in [5.41, 5.74) is -0.132. The van der Waals surface area contributed by atoms with Gasteiger partial charge in [-0.2, -0.15) is 0 Å². The SMILES string of the molecule is CC1(C)CC(NC2CCCC(NC(=O)OC(C)(C)C)C2)CC(C)(C)N1. The molecule has 1 aliphatic heterocycles. The quantitative estimate of drug-likeness (QED) is 0.723. The van der Waals surface area contributed by atoms with E-state index in [1.165, 1.54) is 6.42 Å². The monoisotopic (exact) mass is 353 g/mol. The molecule has 5 nitrogen and oxygen atoms in total. The molecule has 2 fully saturated rings. The smallest absolute Gasteiger partial charge is 0.407 e. The Hall–Kier alpha value is -0.810. The number of alkyl carbamates (subject to hydrolysis) is 1. The molecule has 2 aliphatic rings. The van der Waals surface area contributed by atoms with Crippen molar-refractivity contribution in [2.45, 2.75) is 122 Å². The average molecular weight is 354 g/mol. The van der Waals surface area contributed by atoms with E-state index >= 15 is 0 Å². The molecular formula is C20H39N3O2. The molecule has 5 heteroatoms. The van der Waals surface area contributed by atoms with Gasteiger partial charge in [-0.3, -0.25) is 0 Å². The molecule has 0 aromatic carbocycles. The van der Waals surface area contributed by atoms with E-state index in [0.29, 0.717) is 12.1 Å². The van der Waals surface area contributed by atoms with Gasteiger partial charge in [-0.1, -0.05) is 0 Å². The van der Waals surface area contributed by atoms with Crippen molar-refractivity contribution in [2.75, 3.05) is 0 Å². The van der Waals surface area contributed by atoms with E-state index in [9.17, 15) is 4.79 Å². The number of rotatable bonds is 3. The maximum Gasteiger partial charge on any atom is 0.407 e. The molecule has 3 N–H and O–H groups in total. The van der Waals surface area contributed by atoms with Crippen LogP contribution in [0, 0.1) is 0 Å². The molecule has 0 aromatic heterocycles. The van der Waals surface area contributed by atoms with Crippen LogP contribution in [0.3, 0.4) is 0 Å². The zero-order chi connectivity index (χ0) is 18.9. The predicted octanol–water partition coefficient (Wildman–Crippen LogP) is 3.72. The molecule has 1 saturated heterocycles. The highest BCUT2D eigenvalue weighted by Crippen LogP contribution is 2.30. The molecule has 0 spiro atoms. The van der Waals surface area contributed by atoms with Gasteiger partial charge in [-0.15, -0.1) is 0 Å². The second-order valence-electron chi connectivity index (χ2n) is 10.4. The fraction of sp³-hybridized carbons (Fsp3) is 0.950. The number of hydrogen-bond acceptors (Lipinski definition) is 4. The Morgan fingerprint density at radius 2 is 1.56 bits per heavy atom. The van der Waals surface area contributed by atoms with Crippen molar-refractivity contribution in [3.05, 3.63) is 0 Å². The third-order valence-electron chi connectivity index (χ3n) is 5.06. The van der Waals surface area contributed by atoms with Gasteiger partial charge in [-0.05, 0) is 87.0 Å². The lowest BCUT2D eigenvalue weighted by molar-refractivity contribution is 0.0486. The Morgan fingerprint density at radius 3 is 2.12 bits per heavy atom. The molecule has 146 valence electrons. The minimum absolute atomic E-state index is 0.155. The molecular weight excluding hydrogens is 314 g/mol. The minimum atomic E-state index is -0.442. The summed E-state index contributed by atoms with van der Waals surface area (Å²) in [6, 6.07) is 1.21. The summed E-state index contributed by atoms with van der Waals surface area (Å²) in [6.07, 6.45) is 6.36. The average Bonchev–Trinajstić information content (AvgIpc) is 2.32. The minimum Gasteiger partial charge on any atom is -0.444 e. The van der Waals surface area contributed by atoms with Gasteiger partial charge in [-0.25, -0.2) is 4.79 Å². The van der Waals surface area contributed by atoms with Crippen molar-refractivity contribution in [1.82, 2.24) is 16.0 Å². The van der Waals surface area contributed by atoms with E-state index in [-0.39, 0.29) is 23.2 Å². The Morgan fingerprint density at radius 1 is 1.00 bits per heavy atom. The van der Waals surface area contributed by atoms with Crippen LogP contribution in [0.15, 0.2) is 0 Å². The van der Waals surface area contributed by atoms with Crippen LogP contribution in [0.1, 0.15) is 87.0 Å². The van der Waals surface area contributed by atoms with Crippen LogP contribution in [-0.4, -0.2) is 40.9 Å². The first-order chi connectivity index (χ1) is 11.3. The number of carbonyl (C=O) groups is 1. The first-order valence-corrected chi connectivity index (χ1v) is 9.88. The fourth-order valence-electron chi connectivity index (χ4n) is 4.72. The summed E-state index contributed by atoms with van der Waals surface area (Å²) in [7, 11) is 0. The Bertz CT molecular complexity index is 452. The summed E-state index contributed by atoms with van der Waals surface area (Å²) < 4.78 is 5.40. The van der Waals surface area contributed by atoms with E-state index in [2.05, 4.69) is 43.6 Å². The summed E-state index contributed by atoms with van der Waals surface area (Å²) in [5, 5.41) is 10.7. The van der Waals surface area contributed by atoms with E-state index in [1.54, 1.807) is 0 Å². The standard InChI is InChI=1S/C20H39N3O2/c1-18(2,3)25-17(24)22-15-10-8-9-14(11-15)21-16-12-19(4,5)23-20(6,7)13-16/h14-16,21,23H,8-13H2,1-7H3,(H,22,24). The molecule has 2 rings (SSSR count). The van der Waals surface area contributed by atoms with Crippen LogP contribution in [0.25, 0.3) is 0 Å². The highest BCUT2D eigenvalue weighted by atomic mass is 16.6. The summed E-state index contributed by atoms with van der Waals surface area (Å²) in [5.74, 6) is 0. The van der Waals surface area contributed by atoms with Crippen molar-refractivity contribution < 1.29 is 9.53 Å². The molecule has 2 unspecified atom stereocenters. The van der Waals surface area contributed by atoms with Gasteiger partial charge in [0.05, 0.1) is 0 Å². The Labute approximate surface area is 154 Å². The number of carbonyl (C=O) groups excluding carboxylic acids is 1. The zero-order valence-corrected chi connectivity index (χ0v) is 17.3. The summed E-state index contributed by atoms with van der Waals surface area (Å²) >= 11 is 0. The van der Waals surface area contributed by atoms with Gasteiger partial charge < -0.3 is 20.7 Å². The van der Waals surface area contributed by atoms with E-state index < -0.39 is 5.60 Å². The number of nitrogens with one attached hydrogen (secondary N) is 3. The van der Waals surface area contributed by atoms with Crippen LogP contribution >= 0.6 is 0 Å². The van der Waals surface area contributed by atoms with Gasteiger partial charge in [0.15, 0.2) is 0 Å². The van der Waals surface area contributed by atoms with Gasteiger partial charge in [0, 0.05) is 29.2 Å². The lowest BCUT2D eigenvalue weighted by Crippen LogP contribution is -2.63. The normalized spacial score (nSPS) is 29.9. The van der Waals surface area contributed by atoms with E-state index in [0.717, 1.165) is 32.1 Å². The molecule has 0 bridgehead atoms. The molecule has 0 radical (unpaired) electrons. The molecule has 1 saturated carbocycles. The Balaban J connectivity index is 1.86. The van der Waals surface area contributed by atoms with Gasteiger partial charge >= 0.3 is 6.09 Å². The number of piperidine rings is 1. The van der Waals surface area contributed by atoms with Crippen LogP contribution in [0.2, 0.25) is 0 Å². The first-order valence-electron chi connectivity index (χ1n) is 9.88.